The molecule has 1 aromatic heterocycles. The first-order valence-corrected chi connectivity index (χ1v) is 9.26. The fourth-order valence-corrected chi connectivity index (χ4v) is 3.52. The smallest absolute Gasteiger partial charge is 0.185 e. The summed E-state index contributed by atoms with van der Waals surface area (Å²) in [6, 6.07) is 15.6. The standard InChI is InChI=1S/C24H21FN2O/c1-17-14-22-19(16-26-27(22)21-10-8-20(25)9-11-21)15-24(17,2)13-12-23(28)18-6-4-3-5-7-18/h3-14,16H,15H2,1-2H3/b13-12+. The Morgan fingerprint density at radius 2 is 1.86 bits per heavy atom. The van der Waals surface area contributed by atoms with Crippen molar-refractivity contribution >= 4 is 11.9 Å². The second-order valence-corrected chi connectivity index (χ2v) is 7.43. The summed E-state index contributed by atoms with van der Waals surface area (Å²) >= 11 is 0. The molecule has 0 spiro atoms. The fourth-order valence-electron chi connectivity index (χ4n) is 3.52. The molecule has 1 unspecified atom stereocenters. The van der Waals surface area contributed by atoms with Crippen LogP contribution in [-0.4, -0.2) is 15.6 Å². The largest absolute Gasteiger partial charge is 0.289 e. The Bertz CT molecular complexity index is 1080. The van der Waals surface area contributed by atoms with Crippen molar-refractivity contribution < 1.29 is 9.18 Å². The first-order valence-electron chi connectivity index (χ1n) is 9.26. The average Bonchev–Trinajstić information content (AvgIpc) is 3.10. The van der Waals surface area contributed by atoms with Crippen molar-refractivity contribution in [3.05, 3.63) is 101 Å². The number of hydrogen-bond donors (Lipinski definition) is 0. The van der Waals surface area contributed by atoms with Gasteiger partial charge in [-0.05, 0) is 55.3 Å². The third-order valence-corrected chi connectivity index (χ3v) is 5.43. The van der Waals surface area contributed by atoms with E-state index in [1.165, 1.54) is 12.1 Å². The second-order valence-electron chi connectivity index (χ2n) is 7.43. The monoisotopic (exact) mass is 372 g/mol. The summed E-state index contributed by atoms with van der Waals surface area (Å²) in [5.74, 6) is -0.264. The topological polar surface area (TPSA) is 34.9 Å². The maximum absolute atomic E-state index is 13.2. The third-order valence-electron chi connectivity index (χ3n) is 5.43. The van der Waals surface area contributed by atoms with Gasteiger partial charge in [-0.3, -0.25) is 4.79 Å². The van der Waals surface area contributed by atoms with Crippen LogP contribution in [-0.2, 0) is 6.42 Å². The van der Waals surface area contributed by atoms with E-state index in [-0.39, 0.29) is 17.0 Å². The maximum atomic E-state index is 13.2. The Labute approximate surface area is 163 Å². The summed E-state index contributed by atoms with van der Waals surface area (Å²) in [6.45, 7) is 4.20. The Kier molecular flexibility index (Phi) is 4.55. The lowest BCUT2D eigenvalue weighted by molar-refractivity contribution is 0.104. The van der Waals surface area contributed by atoms with Gasteiger partial charge in [0.25, 0.3) is 0 Å². The molecule has 2 aromatic carbocycles. The van der Waals surface area contributed by atoms with Crippen LogP contribution in [0.4, 0.5) is 4.39 Å². The number of carbonyl (C=O) groups is 1. The van der Waals surface area contributed by atoms with Crippen LogP contribution in [0.2, 0.25) is 0 Å². The van der Waals surface area contributed by atoms with E-state index in [0.29, 0.717) is 5.56 Å². The van der Waals surface area contributed by atoms with Crippen LogP contribution in [0.3, 0.4) is 0 Å². The number of halogens is 1. The van der Waals surface area contributed by atoms with Gasteiger partial charge < -0.3 is 0 Å². The van der Waals surface area contributed by atoms with Crippen molar-refractivity contribution in [3.8, 4) is 5.69 Å². The van der Waals surface area contributed by atoms with Crippen molar-refractivity contribution in [3.63, 3.8) is 0 Å². The maximum Gasteiger partial charge on any atom is 0.185 e. The van der Waals surface area contributed by atoms with Crippen molar-refractivity contribution in [1.82, 2.24) is 9.78 Å². The molecule has 140 valence electrons. The number of allylic oxidation sites excluding steroid dienone is 3. The summed E-state index contributed by atoms with van der Waals surface area (Å²) in [5, 5.41) is 4.50. The number of hydrogen-bond acceptors (Lipinski definition) is 2. The van der Waals surface area contributed by atoms with Crippen LogP contribution in [0.15, 0.2) is 78.5 Å². The Balaban J connectivity index is 1.63. The highest BCUT2D eigenvalue weighted by atomic mass is 19.1. The molecular formula is C24H21FN2O. The number of rotatable bonds is 4. The average molecular weight is 372 g/mol. The molecule has 0 bridgehead atoms. The molecule has 28 heavy (non-hydrogen) atoms. The molecule has 0 N–H and O–H groups in total. The molecule has 4 rings (SSSR count). The summed E-state index contributed by atoms with van der Waals surface area (Å²) in [4.78, 5) is 12.4. The highest BCUT2D eigenvalue weighted by molar-refractivity contribution is 6.04. The minimum atomic E-state index is -0.266. The number of carbonyl (C=O) groups excluding carboxylic acids is 1. The molecule has 1 aliphatic rings. The van der Waals surface area contributed by atoms with Crippen molar-refractivity contribution in [1.29, 1.82) is 0 Å². The van der Waals surface area contributed by atoms with E-state index in [1.54, 1.807) is 18.2 Å². The first kappa shape index (κ1) is 18.1. The van der Waals surface area contributed by atoms with Gasteiger partial charge in [-0.15, -0.1) is 0 Å². The molecule has 0 saturated carbocycles. The van der Waals surface area contributed by atoms with E-state index in [1.807, 2.05) is 47.3 Å². The molecule has 0 amide bonds. The Morgan fingerprint density at radius 1 is 1.14 bits per heavy atom. The summed E-state index contributed by atoms with van der Waals surface area (Å²) in [7, 11) is 0. The predicted molar refractivity (Wildman–Crippen MR) is 109 cm³/mol. The third kappa shape index (κ3) is 3.33. The van der Waals surface area contributed by atoms with Crippen molar-refractivity contribution in [2.24, 2.45) is 5.41 Å². The van der Waals surface area contributed by atoms with Gasteiger partial charge in [0.15, 0.2) is 5.78 Å². The van der Waals surface area contributed by atoms with Gasteiger partial charge >= 0.3 is 0 Å². The van der Waals surface area contributed by atoms with Crippen LogP contribution in [0, 0.1) is 11.2 Å². The van der Waals surface area contributed by atoms with Gasteiger partial charge in [-0.2, -0.15) is 5.10 Å². The van der Waals surface area contributed by atoms with Crippen molar-refractivity contribution in [2.75, 3.05) is 0 Å². The second kappa shape index (κ2) is 7.04. The normalized spacial score (nSPS) is 18.8. The van der Waals surface area contributed by atoms with Crippen LogP contribution in [0.5, 0.6) is 0 Å². The molecule has 0 aliphatic heterocycles. The van der Waals surface area contributed by atoms with E-state index in [0.717, 1.165) is 28.9 Å². The molecule has 3 nitrogen and oxygen atoms in total. The van der Waals surface area contributed by atoms with Gasteiger partial charge in [0.2, 0.25) is 0 Å². The minimum Gasteiger partial charge on any atom is -0.289 e. The van der Waals surface area contributed by atoms with Gasteiger partial charge in [0, 0.05) is 11.0 Å². The number of nitrogens with zero attached hydrogens (tertiary/aromatic N) is 2. The van der Waals surface area contributed by atoms with Crippen LogP contribution >= 0.6 is 0 Å². The number of ketones is 1. The molecule has 3 aromatic rings. The Morgan fingerprint density at radius 3 is 2.57 bits per heavy atom. The summed E-state index contributed by atoms with van der Waals surface area (Å²) in [5.41, 5.74) is 4.52. The van der Waals surface area contributed by atoms with Crippen LogP contribution in [0.1, 0.15) is 35.5 Å². The van der Waals surface area contributed by atoms with E-state index < -0.39 is 0 Å². The van der Waals surface area contributed by atoms with Gasteiger partial charge in [-0.1, -0.05) is 48.9 Å². The lowest BCUT2D eigenvalue weighted by Crippen LogP contribution is -2.22. The number of fused-ring (bicyclic) bond motifs is 1. The summed E-state index contributed by atoms with van der Waals surface area (Å²) in [6.07, 6.45) is 8.37. The van der Waals surface area contributed by atoms with Crippen molar-refractivity contribution in [2.45, 2.75) is 20.3 Å². The molecule has 4 heteroatoms. The molecule has 1 atom stereocenters. The zero-order valence-electron chi connectivity index (χ0n) is 15.9. The molecule has 1 heterocycles. The highest BCUT2D eigenvalue weighted by Gasteiger charge is 2.31. The molecule has 0 radical (unpaired) electrons. The van der Waals surface area contributed by atoms with Gasteiger partial charge in [-0.25, -0.2) is 9.07 Å². The van der Waals surface area contributed by atoms with E-state index >= 15 is 0 Å². The zero-order chi connectivity index (χ0) is 19.7. The molecule has 0 fully saturated rings. The first-order chi connectivity index (χ1) is 13.5. The molecule has 1 aliphatic carbocycles. The minimum absolute atomic E-state index is 0.00225. The molecular weight excluding hydrogens is 351 g/mol. The predicted octanol–water partition coefficient (Wildman–Crippen LogP) is 5.42. The lowest BCUT2D eigenvalue weighted by atomic mass is 9.73. The van der Waals surface area contributed by atoms with E-state index in [9.17, 15) is 9.18 Å². The lowest BCUT2D eigenvalue weighted by Gasteiger charge is -2.31. The zero-order valence-corrected chi connectivity index (χ0v) is 15.9. The van der Waals surface area contributed by atoms with E-state index in [4.69, 9.17) is 0 Å². The quantitative estimate of drug-likeness (QED) is 0.453. The van der Waals surface area contributed by atoms with Gasteiger partial charge in [0.1, 0.15) is 5.82 Å². The SMILES string of the molecule is CC1=Cc2c(cnn2-c2ccc(F)cc2)CC1(C)/C=C/C(=O)c1ccccc1. The number of benzene rings is 2. The fraction of sp³-hybridized carbons (Fsp3) is 0.167. The van der Waals surface area contributed by atoms with E-state index in [2.05, 4.69) is 25.0 Å². The highest BCUT2D eigenvalue weighted by Crippen LogP contribution is 2.40. The van der Waals surface area contributed by atoms with Crippen LogP contribution < -0.4 is 0 Å². The molecule has 0 saturated heterocycles. The van der Waals surface area contributed by atoms with Gasteiger partial charge in [0.05, 0.1) is 17.6 Å². The Hall–Kier alpha value is -3.27. The number of aromatic nitrogens is 2. The van der Waals surface area contributed by atoms with Crippen LogP contribution in [0.25, 0.3) is 11.8 Å². The summed E-state index contributed by atoms with van der Waals surface area (Å²) < 4.78 is 15.1.